The molecule has 0 aliphatic heterocycles. The molecule has 0 spiro atoms. The first-order valence-electron chi connectivity index (χ1n) is 4.49. The molecule has 1 aromatic rings. The lowest BCUT2D eigenvalue weighted by Gasteiger charge is -2.14. The summed E-state index contributed by atoms with van der Waals surface area (Å²) in [5.74, 6) is -0.868. The molecule has 1 aromatic carbocycles. The van der Waals surface area contributed by atoms with Crippen molar-refractivity contribution in [2.24, 2.45) is 0 Å². The number of rotatable bonds is 4. The molecule has 82 valence electrons. The van der Waals surface area contributed by atoms with Crippen LogP contribution < -0.4 is 5.32 Å². The van der Waals surface area contributed by atoms with Crippen LogP contribution in [0, 0.1) is 3.57 Å². The maximum Gasteiger partial charge on any atom is 0.326 e. The second kappa shape index (κ2) is 5.55. The third kappa shape index (κ3) is 3.53. The molecule has 1 atom stereocenters. The number of carbonyl (C=O) groups is 1. The summed E-state index contributed by atoms with van der Waals surface area (Å²) in [6.07, 6.45) is 0.512. The molecular weight excluding hydrogens is 328 g/mol. The van der Waals surface area contributed by atoms with E-state index in [1.165, 1.54) is 0 Å². The van der Waals surface area contributed by atoms with Crippen molar-refractivity contribution in [2.45, 2.75) is 19.4 Å². The van der Waals surface area contributed by atoms with Gasteiger partial charge in [-0.3, -0.25) is 0 Å². The Kier molecular flexibility index (Phi) is 4.66. The molecule has 0 radical (unpaired) electrons. The summed E-state index contributed by atoms with van der Waals surface area (Å²) in [7, 11) is 0. The number of benzene rings is 1. The number of halogens is 2. The van der Waals surface area contributed by atoms with Crippen molar-refractivity contribution in [3.05, 3.63) is 26.8 Å². The van der Waals surface area contributed by atoms with Crippen molar-refractivity contribution < 1.29 is 9.90 Å². The van der Waals surface area contributed by atoms with E-state index in [-0.39, 0.29) is 0 Å². The van der Waals surface area contributed by atoms with Gasteiger partial charge in [-0.1, -0.05) is 18.5 Å². The maximum atomic E-state index is 10.8. The van der Waals surface area contributed by atoms with Gasteiger partial charge in [-0.05, 0) is 47.2 Å². The first-order chi connectivity index (χ1) is 7.04. The molecular formula is C10H11ClINO2. The molecule has 3 nitrogen and oxygen atoms in total. The quantitative estimate of drug-likeness (QED) is 0.828. The molecule has 0 saturated carbocycles. The summed E-state index contributed by atoms with van der Waals surface area (Å²) in [5.41, 5.74) is 0.659. The number of aliphatic carboxylic acids is 1. The zero-order valence-electron chi connectivity index (χ0n) is 8.13. The van der Waals surface area contributed by atoms with Gasteiger partial charge in [0, 0.05) is 3.57 Å². The van der Waals surface area contributed by atoms with E-state index in [0.29, 0.717) is 17.1 Å². The Morgan fingerprint density at radius 2 is 2.33 bits per heavy atom. The van der Waals surface area contributed by atoms with E-state index in [0.717, 1.165) is 3.57 Å². The lowest BCUT2D eigenvalue weighted by atomic mass is 10.2. The molecule has 2 N–H and O–H groups in total. The van der Waals surface area contributed by atoms with E-state index in [2.05, 4.69) is 27.9 Å². The number of nitrogens with one attached hydrogen (secondary N) is 1. The number of carboxylic acid groups (broad SMARTS) is 1. The Morgan fingerprint density at radius 1 is 1.67 bits per heavy atom. The van der Waals surface area contributed by atoms with Gasteiger partial charge in [0.15, 0.2) is 0 Å². The Labute approximate surface area is 107 Å². The summed E-state index contributed by atoms with van der Waals surface area (Å²) < 4.78 is 1.02. The minimum absolute atomic E-state index is 0.512. The first kappa shape index (κ1) is 12.6. The Hall–Kier alpha value is -0.490. The van der Waals surface area contributed by atoms with Crippen LogP contribution in [0.25, 0.3) is 0 Å². The lowest BCUT2D eigenvalue weighted by Crippen LogP contribution is -2.28. The van der Waals surface area contributed by atoms with E-state index in [4.69, 9.17) is 16.7 Å². The summed E-state index contributed by atoms with van der Waals surface area (Å²) in [4.78, 5) is 10.8. The fourth-order valence-corrected chi connectivity index (χ4v) is 2.04. The van der Waals surface area contributed by atoms with Crippen molar-refractivity contribution in [3.8, 4) is 0 Å². The molecule has 0 bridgehead atoms. The third-order valence-electron chi connectivity index (χ3n) is 1.97. The Balaban J connectivity index is 2.84. The lowest BCUT2D eigenvalue weighted by molar-refractivity contribution is -0.137. The van der Waals surface area contributed by atoms with Crippen LogP contribution in [0.15, 0.2) is 18.2 Å². The van der Waals surface area contributed by atoms with E-state index in [9.17, 15) is 4.79 Å². The molecule has 0 fully saturated rings. The van der Waals surface area contributed by atoms with Crippen LogP contribution in [0.1, 0.15) is 13.3 Å². The largest absolute Gasteiger partial charge is 0.480 e. The summed E-state index contributed by atoms with van der Waals surface area (Å²) in [6.45, 7) is 1.81. The average molecular weight is 340 g/mol. The van der Waals surface area contributed by atoms with Crippen molar-refractivity contribution in [1.29, 1.82) is 0 Å². The van der Waals surface area contributed by atoms with Gasteiger partial charge in [0.05, 0.1) is 10.7 Å². The van der Waals surface area contributed by atoms with Gasteiger partial charge >= 0.3 is 5.97 Å². The van der Waals surface area contributed by atoms with E-state index in [1.54, 1.807) is 12.1 Å². The second-order valence-corrected chi connectivity index (χ2v) is 4.72. The zero-order chi connectivity index (χ0) is 11.4. The standard InChI is InChI=1S/C10H11ClINO2/c1-2-8(10(14)15)13-9-4-3-6(12)5-7(9)11/h3-5,8,13H,2H2,1H3,(H,14,15). The third-order valence-corrected chi connectivity index (χ3v) is 2.95. The first-order valence-corrected chi connectivity index (χ1v) is 5.94. The molecule has 0 aliphatic carbocycles. The summed E-state index contributed by atoms with van der Waals surface area (Å²) in [6, 6.07) is 4.86. The molecule has 1 unspecified atom stereocenters. The fourth-order valence-electron chi connectivity index (χ4n) is 1.13. The number of hydrogen-bond acceptors (Lipinski definition) is 2. The topological polar surface area (TPSA) is 49.3 Å². The highest BCUT2D eigenvalue weighted by atomic mass is 127. The molecule has 15 heavy (non-hydrogen) atoms. The minimum Gasteiger partial charge on any atom is -0.480 e. The number of hydrogen-bond donors (Lipinski definition) is 2. The molecule has 5 heteroatoms. The highest BCUT2D eigenvalue weighted by molar-refractivity contribution is 14.1. The van der Waals surface area contributed by atoms with Crippen molar-refractivity contribution in [3.63, 3.8) is 0 Å². The van der Waals surface area contributed by atoms with E-state index in [1.807, 2.05) is 13.0 Å². The van der Waals surface area contributed by atoms with Gasteiger partial charge in [0.1, 0.15) is 6.04 Å². The molecule has 0 saturated heterocycles. The van der Waals surface area contributed by atoms with Crippen LogP contribution in [0.4, 0.5) is 5.69 Å². The van der Waals surface area contributed by atoms with Crippen molar-refractivity contribution in [2.75, 3.05) is 5.32 Å². The highest BCUT2D eigenvalue weighted by Gasteiger charge is 2.15. The average Bonchev–Trinajstić information content (AvgIpc) is 2.16. The maximum absolute atomic E-state index is 10.8. The molecule has 0 amide bonds. The predicted molar refractivity (Wildman–Crippen MR) is 69.5 cm³/mol. The van der Waals surface area contributed by atoms with Crippen LogP contribution >= 0.6 is 34.2 Å². The van der Waals surface area contributed by atoms with Crippen LogP contribution in [0.5, 0.6) is 0 Å². The monoisotopic (exact) mass is 339 g/mol. The predicted octanol–water partition coefficient (Wildman–Crippen LogP) is 3.22. The van der Waals surface area contributed by atoms with Gasteiger partial charge in [0.2, 0.25) is 0 Å². The zero-order valence-corrected chi connectivity index (χ0v) is 11.0. The Bertz CT molecular complexity index is 370. The van der Waals surface area contributed by atoms with Crippen LogP contribution in [-0.2, 0) is 4.79 Å². The van der Waals surface area contributed by atoms with Crippen LogP contribution in [0.2, 0.25) is 5.02 Å². The van der Waals surface area contributed by atoms with Crippen molar-refractivity contribution >= 4 is 45.8 Å². The molecule has 0 aliphatic rings. The SMILES string of the molecule is CCC(Nc1ccc(I)cc1Cl)C(=O)O. The smallest absolute Gasteiger partial charge is 0.326 e. The fraction of sp³-hybridized carbons (Fsp3) is 0.300. The van der Waals surface area contributed by atoms with Gasteiger partial charge in [0.25, 0.3) is 0 Å². The minimum atomic E-state index is -0.868. The normalized spacial score (nSPS) is 12.2. The number of carboxylic acids is 1. The molecule has 0 heterocycles. The van der Waals surface area contributed by atoms with Gasteiger partial charge in [-0.25, -0.2) is 4.79 Å². The molecule has 0 aromatic heterocycles. The summed E-state index contributed by atoms with van der Waals surface area (Å²) in [5, 5.41) is 12.3. The van der Waals surface area contributed by atoms with Crippen LogP contribution in [-0.4, -0.2) is 17.1 Å². The van der Waals surface area contributed by atoms with Gasteiger partial charge in [-0.2, -0.15) is 0 Å². The van der Waals surface area contributed by atoms with Crippen molar-refractivity contribution in [1.82, 2.24) is 0 Å². The highest BCUT2D eigenvalue weighted by Crippen LogP contribution is 2.24. The van der Waals surface area contributed by atoms with E-state index < -0.39 is 12.0 Å². The van der Waals surface area contributed by atoms with Crippen LogP contribution in [0.3, 0.4) is 0 Å². The Morgan fingerprint density at radius 3 is 2.80 bits per heavy atom. The molecule has 1 rings (SSSR count). The van der Waals surface area contributed by atoms with E-state index >= 15 is 0 Å². The van der Waals surface area contributed by atoms with Gasteiger partial charge < -0.3 is 10.4 Å². The number of anilines is 1. The second-order valence-electron chi connectivity index (χ2n) is 3.07. The summed E-state index contributed by atoms with van der Waals surface area (Å²) >= 11 is 8.12. The van der Waals surface area contributed by atoms with Gasteiger partial charge in [-0.15, -0.1) is 0 Å².